The maximum absolute atomic E-state index is 10.2. The molecule has 0 saturated carbocycles. The Balaban J connectivity index is 4.63. The van der Waals surface area contributed by atoms with Crippen molar-refractivity contribution in [2.45, 2.75) is 13.0 Å². The van der Waals surface area contributed by atoms with Crippen LogP contribution in [0.25, 0.3) is 0 Å². The first-order valence-corrected chi connectivity index (χ1v) is 2.85. The molecule has 1 atom stereocenters. The lowest BCUT2D eigenvalue weighted by atomic mass is 10.3. The smallest absolute Gasteiger partial charge is 0.417 e. The third-order valence-corrected chi connectivity index (χ3v) is 1.16. The van der Waals surface area contributed by atoms with Crippen LogP contribution in [-0.4, -0.2) is 44.4 Å². The molecular formula is C5H7NO6. The molecule has 0 rings (SSSR count). The summed E-state index contributed by atoms with van der Waals surface area (Å²) in [6, 6.07) is -1.60. The van der Waals surface area contributed by atoms with Crippen LogP contribution in [0.1, 0.15) is 6.92 Å². The Hall–Kier alpha value is -1.79. The summed E-state index contributed by atoms with van der Waals surface area (Å²) in [5, 5.41) is 24.8. The molecule has 0 aromatic rings. The number of hydrogen-bond donors (Lipinski definition) is 3. The fourth-order valence-corrected chi connectivity index (χ4v) is 0.524. The van der Waals surface area contributed by atoms with Crippen molar-refractivity contribution in [2.24, 2.45) is 0 Å². The average molecular weight is 177 g/mol. The van der Waals surface area contributed by atoms with Crippen molar-refractivity contribution in [1.29, 1.82) is 0 Å². The molecule has 2 amide bonds. The molecule has 12 heavy (non-hydrogen) atoms. The van der Waals surface area contributed by atoms with Crippen LogP contribution in [0.15, 0.2) is 0 Å². The summed E-state index contributed by atoms with van der Waals surface area (Å²) in [7, 11) is 0. The molecular weight excluding hydrogens is 170 g/mol. The predicted molar refractivity (Wildman–Crippen MR) is 35.0 cm³/mol. The van der Waals surface area contributed by atoms with Gasteiger partial charge in [-0.05, 0) is 6.92 Å². The lowest BCUT2D eigenvalue weighted by Crippen LogP contribution is -2.45. The Morgan fingerprint density at radius 3 is 1.50 bits per heavy atom. The van der Waals surface area contributed by atoms with Gasteiger partial charge in [0.15, 0.2) is 0 Å². The van der Waals surface area contributed by atoms with Crippen LogP contribution in [-0.2, 0) is 4.79 Å². The van der Waals surface area contributed by atoms with Crippen molar-refractivity contribution in [1.82, 2.24) is 4.90 Å². The monoisotopic (exact) mass is 177 g/mol. The normalized spacial score (nSPS) is 11.8. The summed E-state index contributed by atoms with van der Waals surface area (Å²) >= 11 is 0. The number of imide groups is 1. The summed E-state index contributed by atoms with van der Waals surface area (Å²) in [6.07, 6.45) is -3.62. The fourth-order valence-electron chi connectivity index (χ4n) is 0.524. The lowest BCUT2D eigenvalue weighted by molar-refractivity contribution is -0.141. The Labute approximate surface area is 66.8 Å². The van der Waals surface area contributed by atoms with Crippen LogP contribution in [0.4, 0.5) is 9.59 Å². The van der Waals surface area contributed by atoms with Crippen LogP contribution in [0.2, 0.25) is 0 Å². The standard InChI is InChI=1S/C5H7NO6/c1-2(3(7)8)6(4(9)10)5(11)12/h2H,1H3,(H,7,8)(H,9,10)(H,11,12)/t2-/m0/s1. The molecule has 0 aromatic carbocycles. The minimum atomic E-state index is -1.81. The number of aliphatic carboxylic acids is 1. The van der Waals surface area contributed by atoms with Gasteiger partial charge >= 0.3 is 18.2 Å². The van der Waals surface area contributed by atoms with Crippen molar-refractivity contribution in [3.63, 3.8) is 0 Å². The molecule has 3 N–H and O–H groups in total. The molecule has 0 aromatic heterocycles. The van der Waals surface area contributed by atoms with Gasteiger partial charge < -0.3 is 15.3 Å². The Morgan fingerprint density at radius 1 is 1.08 bits per heavy atom. The highest BCUT2D eigenvalue weighted by molar-refractivity contribution is 5.91. The van der Waals surface area contributed by atoms with E-state index in [-0.39, 0.29) is 4.90 Å². The molecule has 7 nitrogen and oxygen atoms in total. The zero-order chi connectivity index (χ0) is 9.89. The van der Waals surface area contributed by atoms with E-state index in [1.54, 1.807) is 0 Å². The number of rotatable bonds is 2. The second kappa shape index (κ2) is 3.56. The second-order valence-corrected chi connectivity index (χ2v) is 1.95. The van der Waals surface area contributed by atoms with E-state index in [0.717, 1.165) is 6.92 Å². The van der Waals surface area contributed by atoms with E-state index in [1.807, 2.05) is 0 Å². The first-order chi connectivity index (χ1) is 5.37. The fraction of sp³-hybridized carbons (Fsp3) is 0.400. The van der Waals surface area contributed by atoms with Gasteiger partial charge in [0.25, 0.3) is 0 Å². The first kappa shape index (κ1) is 10.2. The summed E-state index contributed by atoms with van der Waals surface area (Å²) in [4.78, 5) is 30.3. The zero-order valence-electron chi connectivity index (χ0n) is 6.09. The van der Waals surface area contributed by atoms with Gasteiger partial charge in [-0.2, -0.15) is 4.90 Å². The molecule has 68 valence electrons. The van der Waals surface area contributed by atoms with Crippen LogP contribution in [0.5, 0.6) is 0 Å². The summed E-state index contributed by atoms with van der Waals surface area (Å²) in [5.41, 5.74) is 0. The van der Waals surface area contributed by atoms with Gasteiger partial charge in [-0.1, -0.05) is 0 Å². The van der Waals surface area contributed by atoms with Crippen molar-refractivity contribution in [2.75, 3.05) is 0 Å². The topological polar surface area (TPSA) is 115 Å². The highest BCUT2D eigenvalue weighted by Crippen LogP contribution is 2.00. The quantitative estimate of drug-likeness (QED) is 0.551. The van der Waals surface area contributed by atoms with Crippen molar-refractivity contribution in [3.8, 4) is 0 Å². The Bertz CT molecular complexity index is 210. The largest absolute Gasteiger partial charge is 0.480 e. The predicted octanol–water partition coefficient (Wildman–Crippen LogP) is 0.118. The summed E-state index contributed by atoms with van der Waals surface area (Å²) < 4.78 is 0. The minimum absolute atomic E-state index is 0.192. The van der Waals surface area contributed by atoms with Crippen LogP contribution >= 0.6 is 0 Å². The number of amides is 2. The Kier molecular flexibility index (Phi) is 3.03. The average Bonchev–Trinajstić information content (AvgIpc) is 1.85. The van der Waals surface area contributed by atoms with Crippen LogP contribution < -0.4 is 0 Å². The van der Waals surface area contributed by atoms with Gasteiger partial charge in [-0.15, -0.1) is 0 Å². The molecule has 7 heteroatoms. The number of carboxylic acids is 1. The molecule has 0 heterocycles. The third kappa shape index (κ3) is 2.11. The third-order valence-electron chi connectivity index (χ3n) is 1.16. The van der Waals surface area contributed by atoms with Gasteiger partial charge in [-0.25, -0.2) is 14.4 Å². The summed E-state index contributed by atoms with van der Waals surface area (Å²) in [6.45, 7) is 0.963. The van der Waals surface area contributed by atoms with Gasteiger partial charge in [0.2, 0.25) is 0 Å². The molecule has 0 unspecified atom stereocenters. The molecule has 0 radical (unpaired) electrons. The summed E-state index contributed by atoms with van der Waals surface area (Å²) in [5.74, 6) is -1.51. The van der Waals surface area contributed by atoms with E-state index < -0.39 is 24.2 Å². The van der Waals surface area contributed by atoms with Crippen LogP contribution in [0.3, 0.4) is 0 Å². The zero-order valence-corrected chi connectivity index (χ0v) is 6.09. The van der Waals surface area contributed by atoms with E-state index in [2.05, 4.69) is 0 Å². The number of hydrogen-bond acceptors (Lipinski definition) is 3. The van der Waals surface area contributed by atoms with E-state index in [0.29, 0.717) is 0 Å². The maximum atomic E-state index is 10.2. The van der Waals surface area contributed by atoms with E-state index in [1.165, 1.54) is 0 Å². The first-order valence-electron chi connectivity index (χ1n) is 2.85. The maximum Gasteiger partial charge on any atom is 0.417 e. The molecule has 0 saturated heterocycles. The second-order valence-electron chi connectivity index (χ2n) is 1.95. The van der Waals surface area contributed by atoms with Crippen molar-refractivity contribution >= 4 is 18.2 Å². The lowest BCUT2D eigenvalue weighted by Gasteiger charge is -2.16. The minimum Gasteiger partial charge on any atom is -0.480 e. The van der Waals surface area contributed by atoms with Gasteiger partial charge in [-0.3, -0.25) is 0 Å². The van der Waals surface area contributed by atoms with Crippen molar-refractivity contribution in [3.05, 3.63) is 0 Å². The van der Waals surface area contributed by atoms with Crippen LogP contribution in [0, 0.1) is 0 Å². The molecule has 0 aliphatic rings. The number of nitrogens with zero attached hydrogens (tertiary/aromatic N) is 1. The molecule has 0 fully saturated rings. The van der Waals surface area contributed by atoms with Crippen molar-refractivity contribution < 1.29 is 29.7 Å². The van der Waals surface area contributed by atoms with Gasteiger partial charge in [0, 0.05) is 0 Å². The highest BCUT2D eigenvalue weighted by atomic mass is 16.4. The highest BCUT2D eigenvalue weighted by Gasteiger charge is 2.30. The van der Waals surface area contributed by atoms with E-state index in [4.69, 9.17) is 15.3 Å². The SMILES string of the molecule is C[C@@H](C(=O)O)N(C(=O)O)C(=O)O. The van der Waals surface area contributed by atoms with E-state index in [9.17, 15) is 14.4 Å². The van der Waals surface area contributed by atoms with E-state index >= 15 is 0 Å². The molecule has 0 spiro atoms. The van der Waals surface area contributed by atoms with Gasteiger partial charge in [0.1, 0.15) is 6.04 Å². The van der Waals surface area contributed by atoms with Gasteiger partial charge in [0.05, 0.1) is 0 Å². The molecule has 0 aliphatic heterocycles. The number of carbonyl (C=O) groups is 3. The number of carboxylic acid groups (broad SMARTS) is 3. The molecule has 0 aliphatic carbocycles. The Morgan fingerprint density at radius 2 is 1.42 bits per heavy atom. The molecule has 0 bridgehead atoms.